The van der Waals surface area contributed by atoms with Gasteiger partial charge in [-0.05, 0) is 54.9 Å². The van der Waals surface area contributed by atoms with E-state index in [2.05, 4.69) is 31.9 Å². The van der Waals surface area contributed by atoms with Gasteiger partial charge in [-0.3, -0.25) is 0 Å². The standard InChI is InChI=1S/C16H17Br2NO2/c1-20-16-5-2-13(17)8-12(16)10-21-14-3-4-15(18)11(9-14)6-7-19/h2-5,8-9H,6-7,10,19H2,1H3. The van der Waals surface area contributed by atoms with Gasteiger partial charge in [0, 0.05) is 14.5 Å². The highest BCUT2D eigenvalue weighted by atomic mass is 79.9. The molecule has 0 saturated heterocycles. The van der Waals surface area contributed by atoms with E-state index in [0.29, 0.717) is 13.2 Å². The largest absolute Gasteiger partial charge is 0.496 e. The molecule has 0 unspecified atom stereocenters. The Balaban J connectivity index is 2.13. The fraction of sp³-hybridized carbons (Fsp3) is 0.250. The van der Waals surface area contributed by atoms with Crippen molar-refractivity contribution in [2.75, 3.05) is 13.7 Å². The summed E-state index contributed by atoms with van der Waals surface area (Å²) >= 11 is 6.98. The summed E-state index contributed by atoms with van der Waals surface area (Å²) in [5, 5.41) is 0. The Labute approximate surface area is 141 Å². The first-order valence-corrected chi connectivity index (χ1v) is 8.16. The van der Waals surface area contributed by atoms with Crippen LogP contribution in [-0.2, 0) is 13.0 Å². The van der Waals surface area contributed by atoms with Crippen LogP contribution in [0.4, 0.5) is 0 Å². The van der Waals surface area contributed by atoms with Crippen LogP contribution in [0, 0.1) is 0 Å². The molecule has 3 nitrogen and oxygen atoms in total. The van der Waals surface area contributed by atoms with E-state index in [9.17, 15) is 0 Å². The van der Waals surface area contributed by atoms with E-state index in [4.69, 9.17) is 15.2 Å². The Morgan fingerprint density at radius 2 is 1.86 bits per heavy atom. The zero-order valence-electron chi connectivity index (χ0n) is 11.7. The van der Waals surface area contributed by atoms with E-state index in [1.165, 1.54) is 0 Å². The van der Waals surface area contributed by atoms with Gasteiger partial charge >= 0.3 is 0 Å². The van der Waals surface area contributed by atoms with Crippen molar-refractivity contribution in [2.45, 2.75) is 13.0 Å². The fourth-order valence-corrected chi connectivity index (χ4v) is 2.86. The van der Waals surface area contributed by atoms with Crippen LogP contribution < -0.4 is 15.2 Å². The van der Waals surface area contributed by atoms with E-state index < -0.39 is 0 Å². The van der Waals surface area contributed by atoms with E-state index in [-0.39, 0.29) is 0 Å². The van der Waals surface area contributed by atoms with Crippen molar-refractivity contribution in [3.63, 3.8) is 0 Å². The van der Waals surface area contributed by atoms with Crippen LogP contribution in [0.2, 0.25) is 0 Å². The molecule has 2 rings (SSSR count). The van der Waals surface area contributed by atoms with Crippen molar-refractivity contribution < 1.29 is 9.47 Å². The Bertz CT molecular complexity index is 617. The smallest absolute Gasteiger partial charge is 0.125 e. The Hall–Kier alpha value is -1.04. The molecule has 0 radical (unpaired) electrons. The number of ether oxygens (including phenoxy) is 2. The van der Waals surface area contributed by atoms with Gasteiger partial charge in [-0.15, -0.1) is 0 Å². The van der Waals surface area contributed by atoms with Crippen LogP contribution in [0.3, 0.4) is 0 Å². The molecule has 2 aromatic carbocycles. The lowest BCUT2D eigenvalue weighted by Crippen LogP contribution is -2.04. The number of benzene rings is 2. The van der Waals surface area contributed by atoms with E-state index in [1.807, 2.05) is 36.4 Å². The van der Waals surface area contributed by atoms with Crippen LogP contribution in [0.5, 0.6) is 11.5 Å². The van der Waals surface area contributed by atoms with Crippen LogP contribution in [0.25, 0.3) is 0 Å². The highest BCUT2D eigenvalue weighted by molar-refractivity contribution is 9.10. The maximum Gasteiger partial charge on any atom is 0.125 e. The average Bonchev–Trinajstić information content (AvgIpc) is 2.48. The van der Waals surface area contributed by atoms with Crippen LogP contribution in [-0.4, -0.2) is 13.7 Å². The predicted molar refractivity (Wildman–Crippen MR) is 91.9 cm³/mol. The third-order valence-electron chi connectivity index (χ3n) is 3.07. The van der Waals surface area contributed by atoms with Crippen molar-refractivity contribution in [2.24, 2.45) is 5.73 Å². The first kappa shape index (κ1) is 16.3. The zero-order chi connectivity index (χ0) is 15.2. The van der Waals surface area contributed by atoms with Gasteiger partial charge in [0.1, 0.15) is 18.1 Å². The normalized spacial score (nSPS) is 10.5. The minimum atomic E-state index is 0.451. The van der Waals surface area contributed by atoms with Crippen LogP contribution >= 0.6 is 31.9 Å². The molecule has 0 amide bonds. The molecule has 21 heavy (non-hydrogen) atoms. The first-order valence-electron chi connectivity index (χ1n) is 6.57. The predicted octanol–water partition coefficient (Wildman–Crippen LogP) is 4.30. The van der Waals surface area contributed by atoms with Gasteiger partial charge in [0.25, 0.3) is 0 Å². The molecule has 2 N–H and O–H groups in total. The monoisotopic (exact) mass is 413 g/mol. The third kappa shape index (κ3) is 4.46. The molecule has 0 bridgehead atoms. The summed E-state index contributed by atoms with van der Waals surface area (Å²) in [7, 11) is 1.66. The lowest BCUT2D eigenvalue weighted by Gasteiger charge is -2.12. The summed E-state index contributed by atoms with van der Waals surface area (Å²) in [6.45, 7) is 1.06. The van der Waals surface area contributed by atoms with Gasteiger partial charge < -0.3 is 15.2 Å². The molecule has 5 heteroatoms. The van der Waals surface area contributed by atoms with Crippen molar-refractivity contribution in [1.82, 2.24) is 0 Å². The van der Waals surface area contributed by atoms with Crippen molar-refractivity contribution >= 4 is 31.9 Å². The Morgan fingerprint density at radius 1 is 1.05 bits per heavy atom. The molecule has 0 aliphatic carbocycles. The quantitative estimate of drug-likeness (QED) is 0.766. The molecule has 0 saturated carbocycles. The van der Waals surface area contributed by atoms with E-state index in [1.54, 1.807) is 7.11 Å². The number of hydrogen-bond acceptors (Lipinski definition) is 3. The average molecular weight is 415 g/mol. The maximum absolute atomic E-state index is 5.87. The summed E-state index contributed by atoms with van der Waals surface area (Å²) < 4.78 is 13.3. The van der Waals surface area contributed by atoms with Gasteiger partial charge in [0.05, 0.1) is 7.11 Å². The summed E-state index contributed by atoms with van der Waals surface area (Å²) in [5.41, 5.74) is 7.76. The molecule has 0 fully saturated rings. The summed E-state index contributed by atoms with van der Waals surface area (Å²) in [6.07, 6.45) is 0.817. The van der Waals surface area contributed by atoms with Crippen molar-refractivity contribution in [3.8, 4) is 11.5 Å². The third-order valence-corrected chi connectivity index (χ3v) is 4.33. The highest BCUT2D eigenvalue weighted by Gasteiger charge is 2.06. The summed E-state index contributed by atoms with van der Waals surface area (Å²) in [6, 6.07) is 11.8. The first-order chi connectivity index (χ1) is 10.1. The molecule has 112 valence electrons. The van der Waals surface area contributed by atoms with Crippen LogP contribution in [0.15, 0.2) is 45.3 Å². The molecule has 0 aliphatic heterocycles. The number of rotatable bonds is 6. The zero-order valence-corrected chi connectivity index (χ0v) is 14.9. The SMILES string of the molecule is COc1ccc(Br)cc1COc1ccc(Br)c(CCN)c1. The van der Waals surface area contributed by atoms with Crippen molar-refractivity contribution in [3.05, 3.63) is 56.5 Å². The summed E-state index contributed by atoms with van der Waals surface area (Å²) in [5.74, 6) is 1.64. The minimum Gasteiger partial charge on any atom is -0.496 e. The lowest BCUT2D eigenvalue weighted by atomic mass is 10.1. The molecule has 2 aromatic rings. The second kappa shape index (κ2) is 7.82. The van der Waals surface area contributed by atoms with Gasteiger partial charge in [-0.1, -0.05) is 31.9 Å². The van der Waals surface area contributed by atoms with Crippen LogP contribution in [0.1, 0.15) is 11.1 Å². The highest BCUT2D eigenvalue weighted by Crippen LogP contribution is 2.27. The molecule has 0 spiro atoms. The topological polar surface area (TPSA) is 44.5 Å². The number of methoxy groups -OCH3 is 1. The maximum atomic E-state index is 5.87. The molecule has 0 heterocycles. The molecule has 0 atom stereocenters. The Kier molecular flexibility index (Phi) is 6.08. The number of nitrogens with two attached hydrogens (primary N) is 1. The Morgan fingerprint density at radius 3 is 2.57 bits per heavy atom. The second-order valence-electron chi connectivity index (χ2n) is 4.54. The molecule has 0 aromatic heterocycles. The minimum absolute atomic E-state index is 0.451. The lowest BCUT2D eigenvalue weighted by molar-refractivity contribution is 0.296. The second-order valence-corrected chi connectivity index (χ2v) is 6.31. The van der Waals surface area contributed by atoms with Gasteiger partial charge in [-0.25, -0.2) is 0 Å². The van der Waals surface area contributed by atoms with Crippen molar-refractivity contribution in [1.29, 1.82) is 0 Å². The molecular formula is C16H17Br2NO2. The fourth-order valence-electron chi connectivity index (χ4n) is 2.01. The number of hydrogen-bond donors (Lipinski definition) is 1. The van der Waals surface area contributed by atoms with E-state index in [0.717, 1.165) is 38.0 Å². The van der Waals surface area contributed by atoms with E-state index >= 15 is 0 Å². The molecular weight excluding hydrogens is 398 g/mol. The van der Waals surface area contributed by atoms with Gasteiger partial charge in [-0.2, -0.15) is 0 Å². The van der Waals surface area contributed by atoms with Gasteiger partial charge in [0.2, 0.25) is 0 Å². The van der Waals surface area contributed by atoms with Gasteiger partial charge in [0.15, 0.2) is 0 Å². The summed E-state index contributed by atoms with van der Waals surface area (Å²) in [4.78, 5) is 0. The number of halogens is 2. The molecule has 0 aliphatic rings.